The Labute approximate surface area is 176 Å². The second-order valence-corrected chi connectivity index (χ2v) is 7.72. The van der Waals surface area contributed by atoms with E-state index in [4.69, 9.17) is 0 Å². The normalized spacial score (nSPS) is 15.8. The van der Waals surface area contributed by atoms with E-state index >= 15 is 0 Å². The van der Waals surface area contributed by atoms with Crippen LogP contribution in [0.15, 0.2) is 58.1 Å². The van der Waals surface area contributed by atoms with E-state index in [0.717, 1.165) is 38.7 Å². The summed E-state index contributed by atoms with van der Waals surface area (Å²) in [4.78, 5) is 30.8. The maximum Gasteiger partial charge on any atom is 0.331 e. The summed E-state index contributed by atoms with van der Waals surface area (Å²) in [6.07, 6.45) is 1.19. The van der Waals surface area contributed by atoms with Crippen molar-refractivity contribution >= 4 is 10.9 Å². The molecule has 5 rings (SSSR count). The Bertz CT molecular complexity index is 1380. The Balaban J connectivity index is 1.56. The Kier molecular flexibility index (Phi) is 4.71. The number of hydrogen-bond donors (Lipinski definition) is 4. The fourth-order valence-electron chi connectivity index (χ4n) is 4.36. The molecule has 0 saturated heterocycles. The highest BCUT2D eigenvalue weighted by Gasteiger charge is 2.30. The van der Waals surface area contributed by atoms with Gasteiger partial charge in [0.25, 0.3) is 5.56 Å². The number of halogens is 1. The highest BCUT2D eigenvalue weighted by molar-refractivity contribution is 5.85. The predicted molar refractivity (Wildman–Crippen MR) is 115 cm³/mol. The molecule has 8 heteroatoms. The van der Waals surface area contributed by atoms with E-state index in [-0.39, 0.29) is 23.8 Å². The molecule has 0 fully saturated rings. The standard InChI is InChI=1S/C23H21FN4O3/c24-14-7-5-13(6-8-14)10-12-28-22(30)18(21(29)27-23(28)31)20-19-16(9-11-25-20)15-3-1-2-4-17(15)26-19/h1-8,20,25-26,30H,9-12H2,(H,27,29,31)/t20-/m0/s1. The minimum atomic E-state index is -0.680. The largest absolute Gasteiger partial charge is 0.494 e. The lowest BCUT2D eigenvalue weighted by Gasteiger charge is -2.25. The number of nitrogens with one attached hydrogen (secondary N) is 3. The van der Waals surface area contributed by atoms with Gasteiger partial charge in [-0.05, 0) is 42.2 Å². The van der Waals surface area contributed by atoms with E-state index in [2.05, 4.69) is 15.3 Å². The van der Waals surface area contributed by atoms with Crippen LogP contribution in [0.3, 0.4) is 0 Å². The van der Waals surface area contributed by atoms with Gasteiger partial charge in [-0.3, -0.25) is 14.3 Å². The van der Waals surface area contributed by atoms with Crippen molar-refractivity contribution in [2.24, 2.45) is 0 Å². The van der Waals surface area contributed by atoms with Crippen LogP contribution < -0.4 is 16.6 Å². The van der Waals surface area contributed by atoms with Gasteiger partial charge in [-0.25, -0.2) is 9.18 Å². The Hall–Kier alpha value is -3.65. The molecule has 31 heavy (non-hydrogen) atoms. The molecular weight excluding hydrogens is 399 g/mol. The number of aromatic hydroxyl groups is 1. The first kappa shape index (κ1) is 19.3. The molecular formula is C23H21FN4O3. The smallest absolute Gasteiger partial charge is 0.331 e. The molecule has 7 nitrogen and oxygen atoms in total. The molecule has 2 aromatic heterocycles. The van der Waals surface area contributed by atoms with Crippen molar-refractivity contribution in [2.45, 2.75) is 25.4 Å². The zero-order valence-electron chi connectivity index (χ0n) is 16.6. The zero-order chi connectivity index (χ0) is 21.5. The summed E-state index contributed by atoms with van der Waals surface area (Å²) in [7, 11) is 0. The molecule has 1 atom stereocenters. The van der Waals surface area contributed by atoms with Crippen molar-refractivity contribution < 1.29 is 9.50 Å². The van der Waals surface area contributed by atoms with Gasteiger partial charge < -0.3 is 15.4 Å². The molecule has 0 radical (unpaired) electrons. The van der Waals surface area contributed by atoms with Gasteiger partial charge in [-0.1, -0.05) is 30.3 Å². The number of nitrogens with zero attached hydrogens (tertiary/aromatic N) is 1. The summed E-state index contributed by atoms with van der Waals surface area (Å²) < 4.78 is 14.3. The second-order valence-electron chi connectivity index (χ2n) is 7.72. The average Bonchev–Trinajstić information content (AvgIpc) is 3.14. The van der Waals surface area contributed by atoms with Crippen molar-refractivity contribution in [3.8, 4) is 5.88 Å². The van der Waals surface area contributed by atoms with Gasteiger partial charge in [0.05, 0.1) is 6.04 Å². The lowest BCUT2D eigenvalue weighted by atomic mass is 9.95. The summed E-state index contributed by atoms with van der Waals surface area (Å²) in [6, 6.07) is 13.3. The highest BCUT2D eigenvalue weighted by Crippen LogP contribution is 2.34. The van der Waals surface area contributed by atoms with Crippen molar-refractivity contribution in [3.63, 3.8) is 0 Å². The number of benzene rings is 2. The van der Waals surface area contributed by atoms with E-state index in [1.165, 1.54) is 12.1 Å². The monoisotopic (exact) mass is 420 g/mol. The maximum absolute atomic E-state index is 13.1. The van der Waals surface area contributed by atoms with Crippen LogP contribution in [0.2, 0.25) is 0 Å². The summed E-state index contributed by atoms with van der Waals surface area (Å²) in [5.41, 5.74) is 2.49. The van der Waals surface area contributed by atoms with Gasteiger partial charge in [0, 0.05) is 29.7 Å². The van der Waals surface area contributed by atoms with Gasteiger partial charge in [0.1, 0.15) is 11.4 Å². The van der Waals surface area contributed by atoms with Crippen LogP contribution >= 0.6 is 0 Å². The van der Waals surface area contributed by atoms with E-state index in [1.807, 2.05) is 24.3 Å². The Morgan fingerprint density at radius 2 is 1.84 bits per heavy atom. The molecule has 1 aliphatic heterocycles. The molecule has 0 saturated carbocycles. The van der Waals surface area contributed by atoms with E-state index in [9.17, 15) is 19.1 Å². The number of hydrogen-bond acceptors (Lipinski definition) is 4. The van der Waals surface area contributed by atoms with Crippen LogP contribution in [-0.2, 0) is 19.4 Å². The topological polar surface area (TPSA) is 103 Å². The van der Waals surface area contributed by atoms with E-state index in [1.54, 1.807) is 12.1 Å². The van der Waals surface area contributed by atoms with Gasteiger partial charge in [-0.15, -0.1) is 0 Å². The molecule has 4 aromatic rings. The summed E-state index contributed by atoms with van der Waals surface area (Å²) in [5.74, 6) is -0.701. The quantitative estimate of drug-likeness (QED) is 0.407. The van der Waals surface area contributed by atoms with Crippen molar-refractivity contribution in [2.75, 3.05) is 6.54 Å². The first-order chi connectivity index (χ1) is 15.0. The van der Waals surface area contributed by atoms with Gasteiger partial charge in [0.15, 0.2) is 0 Å². The third kappa shape index (κ3) is 3.34. The lowest BCUT2D eigenvalue weighted by molar-refractivity contribution is 0.382. The number of para-hydroxylation sites is 1. The van der Waals surface area contributed by atoms with Crippen molar-refractivity contribution in [1.29, 1.82) is 0 Å². The molecule has 0 aliphatic carbocycles. The fraction of sp³-hybridized carbons (Fsp3) is 0.217. The van der Waals surface area contributed by atoms with Crippen molar-refractivity contribution in [1.82, 2.24) is 19.9 Å². The number of H-pyrrole nitrogens is 2. The van der Waals surface area contributed by atoms with E-state index in [0.29, 0.717) is 13.0 Å². The Morgan fingerprint density at radius 3 is 2.65 bits per heavy atom. The molecule has 0 amide bonds. The number of aromatic amines is 2. The summed E-state index contributed by atoms with van der Waals surface area (Å²) in [6.45, 7) is 0.777. The number of rotatable bonds is 4. The third-order valence-electron chi connectivity index (χ3n) is 5.89. The SMILES string of the molecule is O=c1[nH]c(=O)n(CCc2ccc(F)cc2)c(O)c1[C@@H]1NCCc2c1[nH]c1ccccc21. The van der Waals surface area contributed by atoms with Crippen molar-refractivity contribution in [3.05, 3.63) is 97.6 Å². The number of aryl methyl sites for hydroxylation is 1. The van der Waals surface area contributed by atoms with Crippen LogP contribution in [0, 0.1) is 5.82 Å². The summed E-state index contributed by atoms with van der Waals surface area (Å²) >= 11 is 0. The van der Waals surface area contributed by atoms with Gasteiger partial charge in [0.2, 0.25) is 5.88 Å². The van der Waals surface area contributed by atoms with Crippen LogP contribution in [0.5, 0.6) is 5.88 Å². The van der Waals surface area contributed by atoms with Crippen LogP contribution in [0.25, 0.3) is 10.9 Å². The molecule has 2 aromatic carbocycles. The molecule has 1 aliphatic rings. The first-order valence-corrected chi connectivity index (χ1v) is 10.2. The molecule has 0 spiro atoms. The fourth-order valence-corrected chi connectivity index (χ4v) is 4.36. The molecule has 3 heterocycles. The van der Waals surface area contributed by atoms with E-state index < -0.39 is 17.3 Å². The molecule has 158 valence electrons. The average molecular weight is 420 g/mol. The lowest BCUT2D eigenvalue weighted by Crippen LogP contribution is -2.39. The molecule has 0 unspecified atom stereocenters. The minimum absolute atomic E-state index is 0.103. The Morgan fingerprint density at radius 1 is 1.06 bits per heavy atom. The molecule has 4 N–H and O–H groups in total. The van der Waals surface area contributed by atoms with Gasteiger partial charge >= 0.3 is 5.69 Å². The van der Waals surface area contributed by atoms with Crippen LogP contribution in [-0.4, -0.2) is 26.2 Å². The second kappa shape index (κ2) is 7.55. The van der Waals surface area contributed by atoms with Crippen LogP contribution in [0.1, 0.15) is 28.4 Å². The third-order valence-corrected chi connectivity index (χ3v) is 5.89. The maximum atomic E-state index is 13.1. The molecule has 0 bridgehead atoms. The predicted octanol–water partition coefficient (Wildman–Crippen LogP) is 2.34. The summed E-state index contributed by atoms with van der Waals surface area (Å²) in [5, 5.41) is 15.3. The van der Waals surface area contributed by atoms with Crippen LogP contribution in [0.4, 0.5) is 4.39 Å². The minimum Gasteiger partial charge on any atom is -0.494 e. The zero-order valence-corrected chi connectivity index (χ0v) is 16.6. The first-order valence-electron chi connectivity index (χ1n) is 10.2. The highest BCUT2D eigenvalue weighted by atomic mass is 19.1. The number of fused-ring (bicyclic) bond motifs is 3. The number of aromatic nitrogens is 3. The van der Waals surface area contributed by atoms with Gasteiger partial charge in [-0.2, -0.15) is 0 Å².